The molecule has 0 bridgehead atoms. The molecular weight excluding hydrogens is 338 g/mol. The normalized spacial score (nSPS) is 17.5. The fourth-order valence-electron chi connectivity index (χ4n) is 3.58. The molecule has 1 unspecified atom stereocenters. The summed E-state index contributed by atoms with van der Waals surface area (Å²) in [7, 11) is 1.79. The lowest BCUT2D eigenvalue weighted by Crippen LogP contribution is -2.51. The fraction of sp³-hybridized carbons (Fsp3) is 0.429. The van der Waals surface area contributed by atoms with Gasteiger partial charge in [-0.1, -0.05) is 12.1 Å². The second kappa shape index (κ2) is 8.63. The van der Waals surface area contributed by atoms with Crippen LogP contribution < -0.4 is 15.5 Å². The molecule has 2 N–H and O–H groups in total. The van der Waals surface area contributed by atoms with Gasteiger partial charge >= 0.3 is 0 Å². The fourth-order valence-corrected chi connectivity index (χ4v) is 3.58. The van der Waals surface area contributed by atoms with Crippen molar-refractivity contribution in [1.82, 2.24) is 10.6 Å². The summed E-state index contributed by atoms with van der Waals surface area (Å²) in [5.41, 5.74) is 2.88. The van der Waals surface area contributed by atoms with E-state index in [-0.39, 0.29) is 6.04 Å². The Balaban J connectivity index is 1.60. The van der Waals surface area contributed by atoms with Crippen LogP contribution in [-0.2, 0) is 6.54 Å². The lowest BCUT2D eigenvalue weighted by Gasteiger charge is -2.35. The topological polar surface area (TPSA) is 76.6 Å². The highest BCUT2D eigenvalue weighted by atomic mass is 16.3. The van der Waals surface area contributed by atoms with E-state index in [0.717, 1.165) is 60.2 Å². The molecule has 6 heteroatoms. The molecule has 1 atom stereocenters. The number of benzene rings is 1. The number of furan rings is 1. The Labute approximate surface area is 160 Å². The van der Waals surface area contributed by atoms with Crippen LogP contribution in [0.4, 0.5) is 5.69 Å². The van der Waals surface area contributed by atoms with Crippen LogP contribution in [-0.4, -0.2) is 32.1 Å². The predicted octanol–water partition coefficient (Wildman–Crippen LogP) is 3.10. The molecule has 0 aliphatic carbocycles. The van der Waals surface area contributed by atoms with Crippen LogP contribution in [0, 0.1) is 25.2 Å². The quantitative estimate of drug-likeness (QED) is 0.643. The van der Waals surface area contributed by atoms with Crippen LogP contribution in [0.3, 0.4) is 0 Å². The van der Waals surface area contributed by atoms with Gasteiger partial charge in [0.1, 0.15) is 17.6 Å². The van der Waals surface area contributed by atoms with Gasteiger partial charge in [-0.05, 0) is 44.9 Å². The van der Waals surface area contributed by atoms with Crippen molar-refractivity contribution in [1.29, 1.82) is 5.26 Å². The third-order valence-electron chi connectivity index (χ3n) is 4.94. The third-order valence-corrected chi connectivity index (χ3v) is 4.94. The van der Waals surface area contributed by atoms with Gasteiger partial charge in [-0.2, -0.15) is 5.26 Å². The maximum Gasteiger partial charge on any atom is 0.191 e. The number of para-hydroxylation sites is 1. The summed E-state index contributed by atoms with van der Waals surface area (Å²) in [6.45, 7) is 6.43. The SMILES string of the molecule is CN=C(NCc1cc(C)oc1C)NC1CCCN(c2ccccc2C#N)C1. The minimum Gasteiger partial charge on any atom is -0.466 e. The maximum absolute atomic E-state index is 9.37. The molecule has 1 aromatic heterocycles. The summed E-state index contributed by atoms with van der Waals surface area (Å²) in [5, 5.41) is 16.3. The second-order valence-electron chi connectivity index (χ2n) is 6.92. The van der Waals surface area contributed by atoms with Gasteiger partial charge in [0.2, 0.25) is 0 Å². The summed E-state index contributed by atoms with van der Waals surface area (Å²) < 4.78 is 5.58. The molecule has 1 saturated heterocycles. The van der Waals surface area contributed by atoms with Crippen molar-refractivity contribution >= 4 is 11.6 Å². The first-order valence-corrected chi connectivity index (χ1v) is 9.38. The highest BCUT2D eigenvalue weighted by Gasteiger charge is 2.22. The molecule has 1 aliphatic rings. The van der Waals surface area contributed by atoms with E-state index in [1.807, 2.05) is 38.1 Å². The predicted molar refractivity (Wildman–Crippen MR) is 108 cm³/mol. The van der Waals surface area contributed by atoms with Crippen LogP contribution in [0.25, 0.3) is 0 Å². The summed E-state index contributed by atoms with van der Waals surface area (Å²) >= 11 is 0. The smallest absolute Gasteiger partial charge is 0.191 e. The molecule has 0 saturated carbocycles. The van der Waals surface area contributed by atoms with Gasteiger partial charge in [0.25, 0.3) is 0 Å². The Morgan fingerprint density at radius 1 is 1.37 bits per heavy atom. The number of rotatable bonds is 4. The summed E-state index contributed by atoms with van der Waals surface area (Å²) in [4.78, 5) is 6.65. The Bertz CT molecular complexity index is 848. The molecule has 142 valence electrons. The van der Waals surface area contributed by atoms with E-state index in [1.54, 1.807) is 7.05 Å². The van der Waals surface area contributed by atoms with Crippen LogP contribution >= 0.6 is 0 Å². The summed E-state index contributed by atoms with van der Waals surface area (Å²) in [6, 6.07) is 12.4. The van der Waals surface area contributed by atoms with E-state index >= 15 is 0 Å². The summed E-state index contributed by atoms with van der Waals surface area (Å²) in [6.07, 6.45) is 2.16. The number of piperidine rings is 1. The molecule has 2 heterocycles. The van der Waals surface area contributed by atoms with E-state index in [9.17, 15) is 5.26 Å². The first-order chi connectivity index (χ1) is 13.1. The third kappa shape index (κ3) is 4.62. The van der Waals surface area contributed by atoms with Gasteiger partial charge in [-0.25, -0.2) is 0 Å². The molecular formula is C21H27N5O. The van der Waals surface area contributed by atoms with E-state index in [1.165, 1.54) is 0 Å². The number of nitriles is 1. The minimum absolute atomic E-state index is 0.281. The van der Waals surface area contributed by atoms with E-state index in [0.29, 0.717) is 6.54 Å². The van der Waals surface area contributed by atoms with Crippen molar-refractivity contribution in [2.24, 2.45) is 4.99 Å². The van der Waals surface area contributed by atoms with Crippen molar-refractivity contribution in [3.05, 3.63) is 53.0 Å². The largest absolute Gasteiger partial charge is 0.466 e. The van der Waals surface area contributed by atoms with Crippen LogP contribution in [0.5, 0.6) is 0 Å². The van der Waals surface area contributed by atoms with Crippen LogP contribution in [0.2, 0.25) is 0 Å². The van der Waals surface area contributed by atoms with Crippen molar-refractivity contribution in [2.45, 2.75) is 39.3 Å². The van der Waals surface area contributed by atoms with Gasteiger partial charge in [-0.15, -0.1) is 0 Å². The highest BCUT2D eigenvalue weighted by molar-refractivity contribution is 5.80. The van der Waals surface area contributed by atoms with Crippen molar-refractivity contribution in [2.75, 3.05) is 25.0 Å². The van der Waals surface area contributed by atoms with Gasteiger partial charge in [-0.3, -0.25) is 4.99 Å². The van der Waals surface area contributed by atoms with E-state index in [4.69, 9.17) is 4.42 Å². The second-order valence-corrected chi connectivity index (χ2v) is 6.92. The van der Waals surface area contributed by atoms with Gasteiger partial charge in [0.15, 0.2) is 5.96 Å². The number of aliphatic imine (C=N–C) groups is 1. The van der Waals surface area contributed by atoms with Crippen molar-refractivity contribution < 1.29 is 4.42 Å². The zero-order valence-electron chi connectivity index (χ0n) is 16.2. The van der Waals surface area contributed by atoms with E-state index < -0.39 is 0 Å². The zero-order chi connectivity index (χ0) is 19.2. The first kappa shape index (κ1) is 18.8. The lowest BCUT2D eigenvalue weighted by molar-refractivity contribution is 0.467. The number of nitrogens with zero attached hydrogens (tertiary/aromatic N) is 3. The number of aryl methyl sites for hydroxylation is 2. The average Bonchev–Trinajstić information content (AvgIpc) is 3.02. The Kier molecular flexibility index (Phi) is 6.02. The van der Waals surface area contributed by atoms with Crippen LogP contribution in [0.15, 0.2) is 39.7 Å². The molecule has 2 aromatic rings. The minimum atomic E-state index is 0.281. The zero-order valence-corrected chi connectivity index (χ0v) is 16.2. The maximum atomic E-state index is 9.37. The number of anilines is 1. The van der Waals surface area contributed by atoms with Gasteiger partial charge in [0, 0.05) is 38.3 Å². The number of hydrogen-bond acceptors (Lipinski definition) is 4. The molecule has 1 aliphatic heterocycles. The van der Waals surface area contributed by atoms with E-state index in [2.05, 4.69) is 32.7 Å². The average molecular weight is 365 g/mol. The molecule has 6 nitrogen and oxygen atoms in total. The lowest BCUT2D eigenvalue weighted by atomic mass is 10.0. The van der Waals surface area contributed by atoms with Crippen molar-refractivity contribution in [3.63, 3.8) is 0 Å². The summed E-state index contributed by atoms with van der Waals surface area (Å²) in [5.74, 6) is 2.65. The monoisotopic (exact) mass is 365 g/mol. The molecule has 3 rings (SSSR count). The molecule has 1 fully saturated rings. The Hall–Kier alpha value is -2.94. The highest BCUT2D eigenvalue weighted by Crippen LogP contribution is 2.23. The van der Waals surface area contributed by atoms with Gasteiger partial charge < -0.3 is 20.0 Å². The Morgan fingerprint density at radius 2 is 2.19 bits per heavy atom. The molecule has 0 radical (unpaired) electrons. The van der Waals surface area contributed by atoms with Gasteiger partial charge in [0.05, 0.1) is 11.3 Å². The number of nitrogens with one attached hydrogen (secondary N) is 2. The molecule has 1 aromatic carbocycles. The first-order valence-electron chi connectivity index (χ1n) is 9.38. The number of guanidine groups is 1. The van der Waals surface area contributed by atoms with Crippen LogP contribution in [0.1, 0.15) is 35.5 Å². The molecule has 27 heavy (non-hydrogen) atoms. The number of hydrogen-bond donors (Lipinski definition) is 2. The standard InChI is InChI=1S/C21H27N5O/c1-15-11-18(16(2)27-15)13-24-21(23-3)25-19-8-6-10-26(14-19)20-9-5-4-7-17(20)12-22/h4-5,7,9,11,19H,6,8,10,13-14H2,1-3H3,(H2,23,24,25). The Morgan fingerprint density at radius 3 is 2.89 bits per heavy atom. The molecule has 0 spiro atoms. The van der Waals surface area contributed by atoms with Crippen molar-refractivity contribution in [3.8, 4) is 6.07 Å². The molecule has 0 amide bonds.